The van der Waals surface area contributed by atoms with Crippen LogP contribution in [0.1, 0.15) is 81.9 Å². The van der Waals surface area contributed by atoms with Crippen LogP contribution in [0, 0.1) is 6.92 Å². The lowest BCUT2D eigenvalue weighted by atomic mass is 9.94. The van der Waals surface area contributed by atoms with Gasteiger partial charge in [-0.25, -0.2) is 0 Å². The molecule has 1 N–H and O–H groups in total. The minimum Gasteiger partial charge on any atom is -0.506 e. The zero-order chi connectivity index (χ0) is 26.8. The number of hydrogen-bond acceptors (Lipinski definition) is 5. The number of carbonyl (C=O) groups is 1. The molecule has 0 spiro atoms. The first kappa shape index (κ1) is 28.8. The molecule has 0 saturated carbocycles. The maximum absolute atomic E-state index is 12.6. The number of fused-ring (bicyclic) bond motifs is 1. The molecule has 2 heterocycles. The number of carbonyl (C=O) groups excluding carboxylic acids is 1. The second-order valence-corrected chi connectivity index (χ2v) is 10.4. The molecule has 1 fully saturated rings. The number of rotatable bonds is 5. The van der Waals surface area contributed by atoms with Crippen molar-refractivity contribution < 1.29 is 19.5 Å². The molecule has 1 amide bonds. The van der Waals surface area contributed by atoms with Crippen molar-refractivity contribution in [2.75, 3.05) is 19.7 Å². The van der Waals surface area contributed by atoms with Crippen molar-refractivity contribution in [3.8, 4) is 5.75 Å². The Morgan fingerprint density at radius 1 is 1.27 bits per heavy atom. The van der Waals surface area contributed by atoms with Gasteiger partial charge in [0.25, 0.3) is 5.91 Å². The number of phenols is 1. The Hall–Kier alpha value is -2.73. The van der Waals surface area contributed by atoms with E-state index in [-0.39, 0.29) is 29.4 Å². The zero-order valence-corrected chi connectivity index (χ0v) is 23.3. The van der Waals surface area contributed by atoms with Gasteiger partial charge < -0.3 is 19.6 Å². The Bertz CT molecular complexity index is 1050. The molecule has 1 unspecified atom stereocenters. The molecular formula is C30H41ClN2O4. The van der Waals surface area contributed by atoms with Crippen LogP contribution in [-0.2, 0) is 20.8 Å². The summed E-state index contributed by atoms with van der Waals surface area (Å²) in [7, 11) is 0. The highest BCUT2D eigenvalue weighted by Gasteiger charge is 2.22. The quantitative estimate of drug-likeness (QED) is 0.326. The first-order valence-electron chi connectivity index (χ1n) is 13.5. The maximum Gasteiger partial charge on any atom is 0.263 e. The molecule has 2 aliphatic rings. The van der Waals surface area contributed by atoms with Crippen molar-refractivity contribution in [1.82, 2.24) is 4.90 Å². The third-order valence-electron chi connectivity index (χ3n) is 6.86. The van der Waals surface area contributed by atoms with Crippen LogP contribution in [0.4, 0.5) is 0 Å². The van der Waals surface area contributed by atoms with Crippen molar-refractivity contribution in [2.45, 2.75) is 84.7 Å². The van der Waals surface area contributed by atoms with Crippen molar-refractivity contribution in [1.29, 1.82) is 0 Å². The van der Waals surface area contributed by atoms with Gasteiger partial charge in [-0.1, -0.05) is 54.4 Å². The SMILES string of the molecule is C=C1OC(CCC)C/C=C/CC/C(C)=C/C(=N/OCC(=O)N2CCCCC2)Cc2c(Cl)c(O)cc(C)c21. The van der Waals surface area contributed by atoms with Crippen molar-refractivity contribution in [3.05, 3.63) is 58.2 Å². The summed E-state index contributed by atoms with van der Waals surface area (Å²) < 4.78 is 6.35. The van der Waals surface area contributed by atoms with Crippen LogP contribution < -0.4 is 0 Å². The van der Waals surface area contributed by atoms with Gasteiger partial charge in [-0.2, -0.15) is 0 Å². The number of piperidine rings is 1. The van der Waals surface area contributed by atoms with E-state index < -0.39 is 0 Å². The number of likely N-dealkylation sites (tertiary alicyclic amines) is 1. The Balaban J connectivity index is 1.95. The molecule has 3 rings (SSSR count). The lowest BCUT2D eigenvalue weighted by Gasteiger charge is -2.26. The predicted octanol–water partition coefficient (Wildman–Crippen LogP) is 7.12. The van der Waals surface area contributed by atoms with E-state index in [0.29, 0.717) is 23.5 Å². The average molecular weight is 529 g/mol. The molecule has 37 heavy (non-hydrogen) atoms. The van der Waals surface area contributed by atoms with Crippen molar-refractivity contribution in [3.63, 3.8) is 0 Å². The van der Waals surface area contributed by atoms with Crippen molar-refractivity contribution >= 4 is 29.0 Å². The van der Waals surface area contributed by atoms with E-state index in [1.165, 1.54) is 0 Å². The van der Waals surface area contributed by atoms with Crippen molar-refractivity contribution in [2.24, 2.45) is 5.16 Å². The molecule has 202 valence electrons. The fourth-order valence-electron chi connectivity index (χ4n) is 4.93. The fraction of sp³-hybridized carbons (Fsp3) is 0.533. The summed E-state index contributed by atoms with van der Waals surface area (Å²) in [5.74, 6) is 0.479. The van der Waals surface area contributed by atoms with Gasteiger partial charge in [-0.15, -0.1) is 0 Å². The Morgan fingerprint density at radius 2 is 2.03 bits per heavy atom. The van der Waals surface area contributed by atoms with Crippen LogP contribution in [0.25, 0.3) is 5.76 Å². The number of phenolic OH excluding ortho intramolecular Hbond substituents is 1. The zero-order valence-electron chi connectivity index (χ0n) is 22.5. The molecular weight excluding hydrogens is 488 g/mol. The van der Waals surface area contributed by atoms with Crippen LogP contribution in [0.15, 0.2) is 41.6 Å². The van der Waals surface area contributed by atoms with Gasteiger partial charge in [-0.3, -0.25) is 4.79 Å². The number of hydrogen-bond donors (Lipinski definition) is 1. The molecule has 1 aromatic rings. The number of halogens is 1. The summed E-state index contributed by atoms with van der Waals surface area (Å²) in [6.45, 7) is 11.8. The predicted molar refractivity (Wildman–Crippen MR) is 151 cm³/mol. The molecule has 1 aromatic carbocycles. The first-order valence-corrected chi connectivity index (χ1v) is 13.8. The van der Waals surface area contributed by atoms with E-state index >= 15 is 0 Å². The molecule has 1 atom stereocenters. The summed E-state index contributed by atoms with van der Waals surface area (Å²) >= 11 is 6.65. The van der Waals surface area contributed by atoms with Gasteiger partial charge in [0.15, 0.2) is 6.61 Å². The Morgan fingerprint density at radius 3 is 2.76 bits per heavy atom. The van der Waals surface area contributed by atoms with E-state index in [0.717, 1.165) is 81.2 Å². The van der Waals surface area contributed by atoms with E-state index in [2.05, 4.69) is 37.7 Å². The highest BCUT2D eigenvalue weighted by atomic mass is 35.5. The van der Waals surface area contributed by atoms with Gasteiger partial charge in [0.1, 0.15) is 17.6 Å². The number of nitrogens with zero attached hydrogens (tertiary/aromatic N) is 2. The molecule has 0 bridgehead atoms. The number of ether oxygens (including phenoxy) is 1. The molecule has 2 aliphatic heterocycles. The van der Waals surface area contributed by atoms with Crippen LogP contribution in [0.3, 0.4) is 0 Å². The van der Waals surface area contributed by atoms with Crippen LogP contribution >= 0.6 is 11.6 Å². The van der Waals surface area contributed by atoms with Gasteiger partial charge in [0.2, 0.25) is 0 Å². The van der Waals surface area contributed by atoms with E-state index in [1.54, 1.807) is 6.07 Å². The lowest BCUT2D eigenvalue weighted by Crippen LogP contribution is -2.37. The van der Waals surface area contributed by atoms with Gasteiger partial charge in [0, 0.05) is 31.5 Å². The standard InChI is InChI=1S/C30H41ClN2O4/c1-5-12-25-14-9-6-8-13-21(2)17-24(32-36-20-28(35)33-15-10-7-11-16-33)19-26-29(23(4)37-25)22(3)18-27(34)30(26)31/h6,9,17-18,25,34H,4-5,7-8,10-16,19-20H2,1-3H3/b9-6+,21-17+,32-24-. The third kappa shape index (κ3) is 8.39. The molecule has 1 saturated heterocycles. The summed E-state index contributed by atoms with van der Waals surface area (Å²) in [6.07, 6.45) is 14.4. The molecule has 0 aromatic heterocycles. The minimum atomic E-state index is -0.104. The van der Waals surface area contributed by atoms with Gasteiger partial charge in [0.05, 0.1) is 10.7 Å². The number of allylic oxidation sites excluding steroid dienone is 3. The number of aromatic hydroxyl groups is 1. The Labute approximate surface area is 226 Å². The third-order valence-corrected chi connectivity index (χ3v) is 7.28. The Kier molecular flexibility index (Phi) is 11.1. The minimum absolute atomic E-state index is 0.00104. The topological polar surface area (TPSA) is 71.4 Å². The summed E-state index contributed by atoms with van der Waals surface area (Å²) in [6, 6.07) is 1.64. The average Bonchev–Trinajstić information content (AvgIpc) is 2.86. The highest BCUT2D eigenvalue weighted by molar-refractivity contribution is 6.33. The maximum atomic E-state index is 12.6. The monoisotopic (exact) mass is 528 g/mol. The second kappa shape index (κ2) is 14.3. The molecule has 0 radical (unpaired) electrons. The largest absolute Gasteiger partial charge is 0.506 e. The van der Waals surface area contributed by atoms with E-state index in [9.17, 15) is 9.90 Å². The fourth-order valence-corrected chi connectivity index (χ4v) is 5.15. The van der Waals surface area contributed by atoms with Crippen LogP contribution in [0.2, 0.25) is 5.02 Å². The van der Waals surface area contributed by atoms with E-state index in [4.69, 9.17) is 21.2 Å². The lowest BCUT2D eigenvalue weighted by molar-refractivity contribution is -0.137. The molecule has 6 nitrogen and oxygen atoms in total. The van der Waals surface area contributed by atoms with Gasteiger partial charge in [-0.05, 0) is 75.6 Å². The second-order valence-electron chi connectivity index (χ2n) is 10.0. The van der Waals surface area contributed by atoms with E-state index in [1.807, 2.05) is 17.9 Å². The van der Waals surface area contributed by atoms with Crippen LogP contribution in [0.5, 0.6) is 5.75 Å². The summed E-state index contributed by atoms with van der Waals surface area (Å²) in [5, 5.41) is 15.1. The summed E-state index contributed by atoms with van der Waals surface area (Å²) in [5.41, 5.74) is 4.03. The molecule has 7 heteroatoms. The smallest absolute Gasteiger partial charge is 0.263 e. The highest BCUT2D eigenvalue weighted by Crippen LogP contribution is 2.37. The molecule has 0 aliphatic carbocycles. The summed E-state index contributed by atoms with van der Waals surface area (Å²) in [4.78, 5) is 20.0. The van der Waals surface area contributed by atoms with Gasteiger partial charge >= 0.3 is 0 Å². The first-order chi connectivity index (χ1) is 17.8. The number of oxime groups is 1. The van der Waals surface area contributed by atoms with Crippen LogP contribution in [-0.4, -0.2) is 47.4 Å². The number of amides is 1. The normalized spacial score (nSPS) is 22.9. The number of aryl methyl sites for hydroxylation is 1. The number of benzene rings is 1.